The van der Waals surface area contributed by atoms with E-state index in [2.05, 4.69) is 38.4 Å². The molecule has 0 aliphatic heterocycles. The number of benzene rings is 2. The second-order valence-electron chi connectivity index (χ2n) is 7.06. The first-order valence-electron chi connectivity index (χ1n) is 9.26. The number of allylic oxidation sites excluding steroid dienone is 1. The van der Waals surface area contributed by atoms with E-state index in [0.29, 0.717) is 6.54 Å². The van der Waals surface area contributed by atoms with E-state index in [1.807, 2.05) is 60.8 Å². The highest BCUT2D eigenvalue weighted by Gasteiger charge is 2.38. The SMILES string of the molecule is O[C@](Cn1cc(-c2ccccc2)nn1)(c1ccc(Br)cc1)[C@H]1C=CCCC1. The van der Waals surface area contributed by atoms with Gasteiger partial charge < -0.3 is 5.11 Å². The zero-order valence-electron chi connectivity index (χ0n) is 15.0. The Bertz CT molecular complexity index is 920. The highest BCUT2D eigenvalue weighted by molar-refractivity contribution is 9.10. The lowest BCUT2D eigenvalue weighted by Gasteiger charge is -2.36. The third-order valence-electron chi connectivity index (χ3n) is 5.22. The van der Waals surface area contributed by atoms with Crippen LogP contribution in [0.2, 0.25) is 0 Å². The number of nitrogens with zero attached hydrogens (tertiary/aromatic N) is 3. The van der Waals surface area contributed by atoms with Crippen LogP contribution in [-0.2, 0) is 12.1 Å². The summed E-state index contributed by atoms with van der Waals surface area (Å²) in [6, 6.07) is 17.9. The summed E-state index contributed by atoms with van der Waals surface area (Å²) in [6.45, 7) is 0.365. The van der Waals surface area contributed by atoms with Crippen LogP contribution in [0.3, 0.4) is 0 Å². The maximum Gasteiger partial charge on any atom is 0.115 e. The minimum absolute atomic E-state index is 0.0526. The topological polar surface area (TPSA) is 50.9 Å². The van der Waals surface area contributed by atoms with Crippen molar-refractivity contribution in [1.29, 1.82) is 0 Å². The van der Waals surface area contributed by atoms with E-state index in [-0.39, 0.29) is 5.92 Å². The van der Waals surface area contributed by atoms with E-state index in [4.69, 9.17) is 0 Å². The largest absolute Gasteiger partial charge is 0.383 e. The van der Waals surface area contributed by atoms with Gasteiger partial charge in [0.1, 0.15) is 11.3 Å². The van der Waals surface area contributed by atoms with Gasteiger partial charge in [0.05, 0.1) is 12.7 Å². The van der Waals surface area contributed by atoms with Crippen molar-refractivity contribution >= 4 is 15.9 Å². The minimum Gasteiger partial charge on any atom is -0.383 e. The molecule has 0 saturated carbocycles. The van der Waals surface area contributed by atoms with Gasteiger partial charge in [0.25, 0.3) is 0 Å². The van der Waals surface area contributed by atoms with Crippen molar-refractivity contribution in [3.05, 3.63) is 83.0 Å². The molecule has 0 bridgehead atoms. The summed E-state index contributed by atoms with van der Waals surface area (Å²) in [5, 5.41) is 20.4. The van der Waals surface area contributed by atoms with Gasteiger partial charge in [0.2, 0.25) is 0 Å². The molecule has 4 nitrogen and oxygen atoms in total. The molecule has 1 aliphatic carbocycles. The van der Waals surface area contributed by atoms with Crippen molar-refractivity contribution < 1.29 is 5.11 Å². The summed E-state index contributed by atoms with van der Waals surface area (Å²) >= 11 is 3.48. The van der Waals surface area contributed by atoms with E-state index in [1.54, 1.807) is 4.68 Å². The van der Waals surface area contributed by atoms with Crippen LogP contribution in [0.1, 0.15) is 24.8 Å². The molecule has 1 N–H and O–H groups in total. The maximum absolute atomic E-state index is 11.8. The van der Waals surface area contributed by atoms with Gasteiger partial charge in [-0.3, -0.25) is 0 Å². The van der Waals surface area contributed by atoms with Gasteiger partial charge in [-0.25, -0.2) is 4.68 Å². The van der Waals surface area contributed by atoms with Crippen molar-refractivity contribution in [2.75, 3.05) is 0 Å². The Labute approximate surface area is 167 Å². The predicted octanol–water partition coefficient (Wildman–Crippen LogP) is 4.95. The van der Waals surface area contributed by atoms with Gasteiger partial charge in [-0.05, 0) is 37.0 Å². The summed E-state index contributed by atoms with van der Waals surface area (Å²) in [7, 11) is 0. The Hall–Kier alpha value is -2.24. The number of aromatic nitrogens is 3. The Kier molecular flexibility index (Phi) is 5.23. The molecular formula is C22H22BrN3O. The molecule has 0 amide bonds. The number of rotatable bonds is 5. The summed E-state index contributed by atoms with van der Waals surface area (Å²) in [5.74, 6) is 0.0526. The molecular weight excluding hydrogens is 402 g/mol. The molecule has 27 heavy (non-hydrogen) atoms. The normalized spacial score (nSPS) is 19.0. The van der Waals surface area contributed by atoms with Gasteiger partial charge in [-0.2, -0.15) is 0 Å². The predicted molar refractivity (Wildman–Crippen MR) is 110 cm³/mol. The third kappa shape index (κ3) is 3.89. The van der Waals surface area contributed by atoms with Crippen LogP contribution in [0.5, 0.6) is 0 Å². The minimum atomic E-state index is -1.03. The second kappa shape index (κ2) is 7.79. The van der Waals surface area contributed by atoms with E-state index >= 15 is 0 Å². The standard InChI is InChI=1S/C22H22BrN3O/c23-20-13-11-19(12-14-20)22(27,18-9-5-2-6-10-18)16-26-15-21(24-25-26)17-7-3-1-4-8-17/h1,3-5,7-9,11-15,18,27H,2,6,10,16H2/t18-,22-/m0/s1. The van der Waals surface area contributed by atoms with Crippen molar-refractivity contribution in [2.24, 2.45) is 5.92 Å². The number of halogens is 1. The highest BCUT2D eigenvalue weighted by atomic mass is 79.9. The highest BCUT2D eigenvalue weighted by Crippen LogP contribution is 2.38. The molecule has 2 aromatic carbocycles. The Balaban J connectivity index is 1.67. The number of hydrogen-bond donors (Lipinski definition) is 1. The van der Waals surface area contributed by atoms with Gasteiger partial charge in [0.15, 0.2) is 0 Å². The van der Waals surface area contributed by atoms with Crippen LogP contribution >= 0.6 is 15.9 Å². The average molecular weight is 424 g/mol. The fraction of sp³-hybridized carbons (Fsp3) is 0.273. The average Bonchev–Trinajstić information content (AvgIpc) is 3.18. The molecule has 0 radical (unpaired) electrons. The number of aliphatic hydroxyl groups is 1. The van der Waals surface area contributed by atoms with Crippen molar-refractivity contribution in [3.63, 3.8) is 0 Å². The molecule has 1 aliphatic rings. The lowest BCUT2D eigenvalue weighted by Crippen LogP contribution is -2.39. The summed E-state index contributed by atoms with van der Waals surface area (Å²) in [5.41, 5.74) is 1.71. The fourth-order valence-corrected chi connectivity index (χ4v) is 4.00. The summed E-state index contributed by atoms with van der Waals surface area (Å²) < 4.78 is 2.76. The molecule has 0 unspecified atom stereocenters. The molecule has 3 aromatic rings. The van der Waals surface area contributed by atoms with E-state index in [1.165, 1.54) is 0 Å². The Morgan fingerprint density at radius 1 is 1.11 bits per heavy atom. The maximum atomic E-state index is 11.8. The van der Waals surface area contributed by atoms with Crippen LogP contribution < -0.4 is 0 Å². The fourth-order valence-electron chi connectivity index (χ4n) is 3.74. The van der Waals surface area contributed by atoms with Crippen LogP contribution in [-0.4, -0.2) is 20.1 Å². The Morgan fingerprint density at radius 2 is 1.89 bits per heavy atom. The van der Waals surface area contributed by atoms with Gasteiger partial charge in [0, 0.05) is 16.0 Å². The van der Waals surface area contributed by atoms with E-state index < -0.39 is 5.60 Å². The van der Waals surface area contributed by atoms with Crippen molar-refractivity contribution in [3.8, 4) is 11.3 Å². The zero-order valence-corrected chi connectivity index (χ0v) is 16.6. The van der Waals surface area contributed by atoms with Crippen molar-refractivity contribution in [2.45, 2.75) is 31.4 Å². The quantitative estimate of drug-likeness (QED) is 0.590. The lowest BCUT2D eigenvalue weighted by molar-refractivity contribution is -0.0303. The molecule has 0 spiro atoms. The lowest BCUT2D eigenvalue weighted by atomic mass is 9.76. The van der Waals surface area contributed by atoms with Gasteiger partial charge in [-0.15, -0.1) is 5.10 Å². The monoisotopic (exact) mass is 423 g/mol. The first kappa shape index (κ1) is 18.1. The summed E-state index contributed by atoms with van der Waals surface area (Å²) in [4.78, 5) is 0. The molecule has 0 fully saturated rings. The van der Waals surface area contributed by atoms with Crippen LogP contribution in [0.25, 0.3) is 11.3 Å². The molecule has 0 saturated heterocycles. The van der Waals surface area contributed by atoms with Gasteiger partial charge >= 0.3 is 0 Å². The van der Waals surface area contributed by atoms with Gasteiger partial charge in [-0.1, -0.05) is 75.8 Å². The molecule has 1 aromatic heterocycles. The second-order valence-corrected chi connectivity index (χ2v) is 7.98. The van der Waals surface area contributed by atoms with Crippen LogP contribution in [0.4, 0.5) is 0 Å². The summed E-state index contributed by atoms with van der Waals surface area (Å²) in [6.07, 6.45) is 9.37. The first-order chi connectivity index (χ1) is 13.1. The molecule has 5 heteroatoms. The van der Waals surface area contributed by atoms with E-state index in [0.717, 1.165) is 40.6 Å². The zero-order chi connectivity index (χ0) is 18.7. The Morgan fingerprint density at radius 3 is 2.59 bits per heavy atom. The number of hydrogen-bond acceptors (Lipinski definition) is 3. The molecule has 1 heterocycles. The molecule has 138 valence electrons. The van der Waals surface area contributed by atoms with Crippen LogP contribution in [0, 0.1) is 5.92 Å². The van der Waals surface area contributed by atoms with Crippen molar-refractivity contribution in [1.82, 2.24) is 15.0 Å². The molecule has 4 rings (SSSR count). The van der Waals surface area contributed by atoms with Crippen LogP contribution in [0.15, 0.2) is 77.4 Å². The third-order valence-corrected chi connectivity index (χ3v) is 5.75. The molecule has 2 atom stereocenters. The smallest absolute Gasteiger partial charge is 0.115 e. The first-order valence-corrected chi connectivity index (χ1v) is 10.0. The van der Waals surface area contributed by atoms with E-state index in [9.17, 15) is 5.11 Å².